The highest BCUT2D eigenvalue weighted by Gasteiger charge is 2.17. The molecule has 0 amide bonds. The number of esters is 2. The van der Waals surface area contributed by atoms with Gasteiger partial charge in [0.15, 0.2) is 6.10 Å². The molecule has 1 unspecified atom stereocenters. The Morgan fingerprint density at radius 1 is 0.371 bits per heavy atom. The fraction of sp³-hybridized carbons (Fsp3) is 0.825. The average molecular weight is 869 g/mol. The largest absolute Gasteiger partial charge is 0.462 e. The summed E-state index contributed by atoms with van der Waals surface area (Å²) >= 11 is 0. The molecule has 0 saturated heterocycles. The summed E-state index contributed by atoms with van der Waals surface area (Å²) in [7, 11) is 0. The quantitative estimate of drug-likeness (QED) is 0.0346. The van der Waals surface area contributed by atoms with Crippen LogP contribution in [0.15, 0.2) is 48.6 Å². The van der Waals surface area contributed by atoms with Crippen molar-refractivity contribution in [1.82, 2.24) is 0 Å². The van der Waals surface area contributed by atoms with Gasteiger partial charge in [-0.3, -0.25) is 9.59 Å². The second-order valence-corrected chi connectivity index (χ2v) is 18.1. The van der Waals surface area contributed by atoms with Crippen molar-refractivity contribution in [2.24, 2.45) is 0 Å². The zero-order valence-corrected chi connectivity index (χ0v) is 41.6. The van der Waals surface area contributed by atoms with E-state index in [4.69, 9.17) is 14.2 Å². The fourth-order valence-corrected chi connectivity index (χ4v) is 7.81. The van der Waals surface area contributed by atoms with Crippen molar-refractivity contribution in [1.29, 1.82) is 0 Å². The minimum absolute atomic E-state index is 0.0758. The molecule has 1 atom stereocenters. The van der Waals surface area contributed by atoms with Gasteiger partial charge in [0.2, 0.25) is 0 Å². The second kappa shape index (κ2) is 53.2. The van der Waals surface area contributed by atoms with Crippen molar-refractivity contribution in [3.8, 4) is 0 Å². The van der Waals surface area contributed by atoms with Crippen molar-refractivity contribution in [2.45, 2.75) is 284 Å². The maximum Gasteiger partial charge on any atom is 0.306 e. The standard InChI is InChI=1S/C57H104O5/c1-4-7-10-13-16-19-22-25-27-28-29-30-31-33-35-38-41-44-47-50-56(58)61-54-55(53-60-52-49-46-43-40-37-34-26-23-20-17-14-11-8-5-2)62-57(59)51-48-45-42-39-36-32-24-21-18-15-12-9-6-3/h9,12,18,21,25,27,32,36,55H,4-8,10-11,13-17,19-20,22-24,26,28-31,33-35,37-54H2,1-3H3/b12-9-,21-18-,27-25-,36-32-. The Morgan fingerprint density at radius 2 is 0.726 bits per heavy atom. The summed E-state index contributed by atoms with van der Waals surface area (Å²) in [6.45, 7) is 7.72. The lowest BCUT2D eigenvalue weighted by atomic mass is 10.0. The van der Waals surface area contributed by atoms with Gasteiger partial charge >= 0.3 is 11.9 Å². The third-order valence-corrected chi connectivity index (χ3v) is 11.8. The third kappa shape index (κ3) is 50.5. The summed E-state index contributed by atoms with van der Waals surface area (Å²) in [5, 5.41) is 0. The zero-order valence-electron chi connectivity index (χ0n) is 41.6. The lowest BCUT2D eigenvalue weighted by Crippen LogP contribution is -2.30. The van der Waals surface area contributed by atoms with Crippen LogP contribution < -0.4 is 0 Å². The van der Waals surface area contributed by atoms with Crippen LogP contribution in [0, 0.1) is 0 Å². The highest BCUT2D eigenvalue weighted by molar-refractivity contribution is 5.70. The van der Waals surface area contributed by atoms with Crippen LogP contribution in [0.5, 0.6) is 0 Å². The van der Waals surface area contributed by atoms with Gasteiger partial charge < -0.3 is 14.2 Å². The maximum absolute atomic E-state index is 12.8. The molecule has 0 saturated carbocycles. The first-order chi connectivity index (χ1) is 30.6. The van der Waals surface area contributed by atoms with Gasteiger partial charge in [0.1, 0.15) is 6.61 Å². The summed E-state index contributed by atoms with van der Waals surface area (Å²) in [6.07, 6.45) is 65.5. The minimum atomic E-state index is -0.548. The first-order valence-electron chi connectivity index (χ1n) is 27.2. The zero-order chi connectivity index (χ0) is 44.9. The normalized spacial score (nSPS) is 12.5. The summed E-state index contributed by atoms with van der Waals surface area (Å²) in [5.41, 5.74) is 0. The molecule has 0 rings (SSSR count). The van der Waals surface area contributed by atoms with Crippen LogP contribution in [0.4, 0.5) is 0 Å². The van der Waals surface area contributed by atoms with Gasteiger partial charge in [-0.1, -0.05) is 236 Å². The van der Waals surface area contributed by atoms with E-state index in [0.717, 1.165) is 70.6 Å². The summed E-state index contributed by atoms with van der Waals surface area (Å²) < 4.78 is 17.4. The number of hydrogen-bond donors (Lipinski definition) is 0. The summed E-state index contributed by atoms with van der Waals surface area (Å²) in [6, 6.07) is 0. The van der Waals surface area contributed by atoms with E-state index in [1.165, 1.54) is 173 Å². The Morgan fingerprint density at radius 3 is 1.19 bits per heavy atom. The first kappa shape index (κ1) is 59.9. The van der Waals surface area contributed by atoms with Crippen LogP contribution in [0.25, 0.3) is 0 Å². The Kier molecular flexibility index (Phi) is 51.4. The molecular formula is C57H104O5. The predicted molar refractivity (Wildman–Crippen MR) is 270 cm³/mol. The van der Waals surface area contributed by atoms with Crippen LogP contribution in [0.2, 0.25) is 0 Å². The molecule has 0 aliphatic heterocycles. The number of ether oxygens (including phenoxy) is 3. The van der Waals surface area contributed by atoms with Gasteiger partial charge in [-0.15, -0.1) is 0 Å². The maximum atomic E-state index is 12.8. The van der Waals surface area contributed by atoms with E-state index in [1.807, 2.05) is 0 Å². The first-order valence-corrected chi connectivity index (χ1v) is 27.2. The highest BCUT2D eigenvalue weighted by atomic mass is 16.6. The number of unbranched alkanes of at least 4 members (excludes halogenated alkanes) is 31. The number of rotatable bonds is 50. The molecule has 0 spiro atoms. The predicted octanol–water partition coefficient (Wildman–Crippen LogP) is 18.3. The lowest BCUT2D eigenvalue weighted by Gasteiger charge is -2.18. The molecule has 362 valence electrons. The van der Waals surface area contributed by atoms with Crippen LogP contribution in [0.1, 0.15) is 278 Å². The Bertz CT molecular complexity index is 1030. The average Bonchev–Trinajstić information content (AvgIpc) is 3.27. The van der Waals surface area contributed by atoms with Crippen LogP contribution in [0.3, 0.4) is 0 Å². The Balaban J connectivity index is 4.23. The van der Waals surface area contributed by atoms with Crippen molar-refractivity contribution < 1.29 is 23.8 Å². The Labute approximate surface area is 386 Å². The molecule has 62 heavy (non-hydrogen) atoms. The number of allylic oxidation sites excluding steroid dienone is 8. The van der Waals surface area contributed by atoms with Crippen LogP contribution >= 0.6 is 0 Å². The van der Waals surface area contributed by atoms with Gasteiger partial charge in [-0.05, 0) is 77.0 Å². The second-order valence-electron chi connectivity index (χ2n) is 18.1. The molecule has 0 heterocycles. The molecular weight excluding hydrogens is 765 g/mol. The van der Waals surface area contributed by atoms with E-state index in [-0.39, 0.29) is 25.2 Å². The molecule has 0 bridgehead atoms. The van der Waals surface area contributed by atoms with Crippen molar-refractivity contribution in [2.75, 3.05) is 19.8 Å². The number of hydrogen-bond acceptors (Lipinski definition) is 5. The SMILES string of the molecule is CC/C=C\C/C=C\C/C=C\CCCCCC(=O)OC(COCCCCCCCCCCCCCCCC)COC(=O)CCCCCCCCCCC/C=C\CCCCCCCC. The molecule has 0 N–H and O–H groups in total. The minimum Gasteiger partial charge on any atom is -0.462 e. The van der Waals surface area contributed by atoms with E-state index < -0.39 is 6.10 Å². The topological polar surface area (TPSA) is 61.8 Å². The van der Waals surface area contributed by atoms with E-state index >= 15 is 0 Å². The fourth-order valence-electron chi connectivity index (χ4n) is 7.81. The Hall–Kier alpha value is -2.14. The van der Waals surface area contributed by atoms with Crippen molar-refractivity contribution in [3.05, 3.63) is 48.6 Å². The van der Waals surface area contributed by atoms with Crippen molar-refractivity contribution in [3.63, 3.8) is 0 Å². The monoisotopic (exact) mass is 869 g/mol. The summed E-state index contributed by atoms with van der Waals surface area (Å²) in [5.74, 6) is -0.421. The molecule has 0 aromatic heterocycles. The van der Waals surface area contributed by atoms with Crippen LogP contribution in [-0.2, 0) is 23.8 Å². The molecule has 0 aromatic rings. The summed E-state index contributed by atoms with van der Waals surface area (Å²) in [4.78, 5) is 25.4. The van der Waals surface area contributed by atoms with Gasteiger partial charge in [-0.25, -0.2) is 0 Å². The lowest BCUT2D eigenvalue weighted by molar-refractivity contribution is -0.163. The van der Waals surface area contributed by atoms with E-state index in [9.17, 15) is 9.59 Å². The van der Waals surface area contributed by atoms with E-state index in [1.54, 1.807) is 0 Å². The third-order valence-electron chi connectivity index (χ3n) is 11.8. The molecule has 0 fully saturated rings. The molecule has 5 nitrogen and oxygen atoms in total. The number of carbonyl (C=O) groups is 2. The van der Waals surface area contributed by atoms with Gasteiger partial charge in [0, 0.05) is 19.4 Å². The van der Waals surface area contributed by atoms with Gasteiger partial charge in [-0.2, -0.15) is 0 Å². The van der Waals surface area contributed by atoms with Gasteiger partial charge in [0.25, 0.3) is 0 Å². The van der Waals surface area contributed by atoms with Crippen LogP contribution in [-0.4, -0.2) is 37.9 Å². The van der Waals surface area contributed by atoms with Crippen molar-refractivity contribution >= 4 is 11.9 Å². The van der Waals surface area contributed by atoms with Gasteiger partial charge in [0.05, 0.1) is 6.61 Å². The molecule has 0 aliphatic rings. The smallest absolute Gasteiger partial charge is 0.306 e. The molecule has 0 aromatic carbocycles. The van der Waals surface area contributed by atoms with E-state index in [0.29, 0.717) is 19.4 Å². The highest BCUT2D eigenvalue weighted by Crippen LogP contribution is 2.15. The molecule has 0 aliphatic carbocycles. The molecule has 0 radical (unpaired) electrons. The number of carbonyl (C=O) groups excluding carboxylic acids is 2. The molecule has 5 heteroatoms. The van der Waals surface area contributed by atoms with E-state index in [2.05, 4.69) is 69.4 Å².